The summed E-state index contributed by atoms with van der Waals surface area (Å²) in [6, 6.07) is 7.91. The zero-order chi connectivity index (χ0) is 18.2. The highest BCUT2D eigenvalue weighted by molar-refractivity contribution is 14.0. The molecule has 0 saturated heterocycles. The normalized spacial score (nSPS) is 14.5. The van der Waals surface area contributed by atoms with Gasteiger partial charge in [-0.25, -0.2) is 0 Å². The molecule has 1 fully saturated rings. The number of aliphatic imine (C=N–C) groups is 1. The smallest absolute Gasteiger partial charge is 0.191 e. The number of halogens is 1. The number of methoxy groups -OCH3 is 1. The lowest BCUT2D eigenvalue weighted by molar-refractivity contribution is 0.198. The summed E-state index contributed by atoms with van der Waals surface area (Å²) in [7, 11) is 3.43. The van der Waals surface area contributed by atoms with Gasteiger partial charge >= 0.3 is 0 Å². The molecule has 0 amide bonds. The van der Waals surface area contributed by atoms with Gasteiger partial charge < -0.3 is 20.1 Å². The molecule has 1 aliphatic carbocycles. The van der Waals surface area contributed by atoms with Crippen molar-refractivity contribution in [2.75, 3.05) is 14.2 Å². The number of para-hydroxylation sites is 1. The van der Waals surface area contributed by atoms with Gasteiger partial charge in [-0.05, 0) is 37.8 Å². The standard InChI is InChI=1S/C19H27N5O2.HI/c1-20-19(22-13-15-10-11-23-24-15)21-12-14-6-5-9-17(25-2)18(14)26-16-7-3-4-8-16;/h5-6,9-11,16H,3-4,7-8,12-13H2,1-2H3,(H,23,24)(H2,20,21,22);1H. The highest BCUT2D eigenvalue weighted by Gasteiger charge is 2.20. The second kappa shape index (κ2) is 11.0. The number of hydrogen-bond donors (Lipinski definition) is 3. The average molecular weight is 485 g/mol. The van der Waals surface area contributed by atoms with E-state index in [0.29, 0.717) is 19.0 Å². The molecule has 0 unspecified atom stereocenters. The van der Waals surface area contributed by atoms with Gasteiger partial charge in [-0.1, -0.05) is 12.1 Å². The molecular formula is C19H28IN5O2. The molecule has 7 nitrogen and oxygen atoms in total. The van der Waals surface area contributed by atoms with E-state index >= 15 is 0 Å². The third-order valence-corrected chi connectivity index (χ3v) is 4.54. The summed E-state index contributed by atoms with van der Waals surface area (Å²) in [6.45, 7) is 1.23. The van der Waals surface area contributed by atoms with Crippen molar-refractivity contribution in [3.63, 3.8) is 0 Å². The molecule has 8 heteroatoms. The number of nitrogens with one attached hydrogen (secondary N) is 3. The highest BCUT2D eigenvalue weighted by atomic mass is 127. The number of aromatic nitrogens is 2. The molecule has 1 aliphatic rings. The molecule has 1 saturated carbocycles. The second-order valence-electron chi connectivity index (χ2n) is 6.33. The van der Waals surface area contributed by atoms with E-state index in [1.807, 2.05) is 18.2 Å². The van der Waals surface area contributed by atoms with Crippen LogP contribution in [0.4, 0.5) is 0 Å². The number of rotatable bonds is 7. The van der Waals surface area contributed by atoms with Crippen LogP contribution in [0.1, 0.15) is 36.9 Å². The van der Waals surface area contributed by atoms with Crippen LogP contribution in [0.25, 0.3) is 0 Å². The Hall–Kier alpha value is -1.97. The molecule has 0 atom stereocenters. The number of guanidine groups is 1. The predicted octanol–water partition coefficient (Wildman–Crippen LogP) is 3.22. The van der Waals surface area contributed by atoms with Crippen molar-refractivity contribution in [1.82, 2.24) is 20.8 Å². The molecule has 1 aromatic heterocycles. The summed E-state index contributed by atoms with van der Waals surface area (Å²) in [5, 5.41) is 13.5. The SMILES string of the molecule is CN=C(NCc1ccn[nH]1)NCc1cccc(OC)c1OC1CCCC1.I. The van der Waals surface area contributed by atoms with Gasteiger partial charge in [0.05, 0.1) is 25.5 Å². The highest BCUT2D eigenvalue weighted by Crippen LogP contribution is 2.34. The number of H-pyrrole nitrogens is 1. The van der Waals surface area contributed by atoms with Crippen molar-refractivity contribution in [3.05, 3.63) is 41.7 Å². The van der Waals surface area contributed by atoms with Crippen LogP contribution in [0.15, 0.2) is 35.5 Å². The van der Waals surface area contributed by atoms with Crippen LogP contribution in [0.2, 0.25) is 0 Å². The maximum absolute atomic E-state index is 6.27. The fourth-order valence-corrected chi connectivity index (χ4v) is 3.13. The van der Waals surface area contributed by atoms with Crippen LogP contribution in [0.3, 0.4) is 0 Å². The monoisotopic (exact) mass is 485 g/mol. The zero-order valence-corrected chi connectivity index (χ0v) is 18.2. The first-order valence-corrected chi connectivity index (χ1v) is 9.05. The lowest BCUT2D eigenvalue weighted by Gasteiger charge is -2.20. The summed E-state index contributed by atoms with van der Waals surface area (Å²) in [5.74, 6) is 2.32. The van der Waals surface area contributed by atoms with E-state index in [4.69, 9.17) is 9.47 Å². The van der Waals surface area contributed by atoms with E-state index in [2.05, 4.69) is 31.9 Å². The van der Waals surface area contributed by atoms with Crippen molar-refractivity contribution in [2.24, 2.45) is 4.99 Å². The van der Waals surface area contributed by atoms with Crippen LogP contribution < -0.4 is 20.1 Å². The maximum Gasteiger partial charge on any atom is 0.191 e. The fourth-order valence-electron chi connectivity index (χ4n) is 3.13. The van der Waals surface area contributed by atoms with Crippen LogP contribution >= 0.6 is 24.0 Å². The molecule has 0 spiro atoms. The Bertz CT molecular complexity index is 715. The first-order chi connectivity index (χ1) is 12.8. The van der Waals surface area contributed by atoms with Crippen LogP contribution in [-0.2, 0) is 13.1 Å². The summed E-state index contributed by atoms with van der Waals surface area (Å²) < 4.78 is 11.8. The topological polar surface area (TPSA) is 83.6 Å². The molecule has 148 valence electrons. The number of nitrogens with zero attached hydrogens (tertiary/aromatic N) is 2. The summed E-state index contributed by atoms with van der Waals surface area (Å²) >= 11 is 0. The first-order valence-electron chi connectivity index (χ1n) is 9.05. The van der Waals surface area contributed by atoms with Crippen LogP contribution in [0, 0.1) is 0 Å². The molecular weight excluding hydrogens is 457 g/mol. The molecule has 2 aromatic rings. The van der Waals surface area contributed by atoms with Crippen molar-refractivity contribution < 1.29 is 9.47 Å². The van der Waals surface area contributed by atoms with Crippen molar-refractivity contribution in [2.45, 2.75) is 44.9 Å². The van der Waals surface area contributed by atoms with E-state index in [1.54, 1.807) is 20.4 Å². The van der Waals surface area contributed by atoms with E-state index in [-0.39, 0.29) is 30.1 Å². The number of ether oxygens (including phenoxy) is 2. The van der Waals surface area contributed by atoms with Gasteiger partial charge in [0.15, 0.2) is 17.5 Å². The summed E-state index contributed by atoms with van der Waals surface area (Å²) in [6.07, 6.45) is 6.70. The van der Waals surface area contributed by atoms with Crippen molar-refractivity contribution in [3.8, 4) is 11.5 Å². The Labute approximate surface area is 177 Å². The lowest BCUT2D eigenvalue weighted by Crippen LogP contribution is -2.36. The van der Waals surface area contributed by atoms with Crippen molar-refractivity contribution >= 4 is 29.9 Å². The molecule has 3 rings (SSSR count). The van der Waals surface area contributed by atoms with Gasteiger partial charge in [-0.15, -0.1) is 24.0 Å². The Morgan fingerprint density at radius 1 is 1.22 bits per heavy atom. The molecule has 1 heterocycles. The van der Waals surface area contributed by atoms with Crippen LogP contribution in [-0.4, -0.2) is 36.4 Å². The molecule has 0 radical (unpaired) electrons. The molecule has 1 aromatic carbocycles. The Kier molecular flexibility index (Phi) is 8.70. The van der Waals surface area contributed by atoms with Crippen molar-refractivity contribution in [1.29, 1.82) is 0 Å². The number of benzene rings is 1. The van der Waals surface area contributed by atoms with Gasteiger partial charge in [-0.3, -0.25) is 10.1 Å². The fraction of sp³-hybridized carbons (Fsp3) is 0.474. The average Bonchev–Trinajstić information content (AvgIpc) is 3.36. The van der Waals surface area contributed by atoms with Gasteiger partial charge in [-0.2, -0.15) is 5.10 Å². The van der Waals surface area contributed by atoms with Gasteiger partial charge in [0.1, 0.15) is 0 Å². The lowest BCUT2D eigenvalue weighted by atomic mass is 10.1. The molecule has 27 heavy (non-hydrogen) atoms. The summed E-state index contributed by atoms with van der Waals surface area (Å²) in [5.41, 5.74) is 2.06. The number of hydrogen-bond acceptors (Lipinski definition) is 4. The first kappa shape index (κ1) is 21.3. The van der Waals surface area contributed by atoms with Gasteiger partial charge in [0.2, 0.25) is 0 Å². The quantitative estimate of drug-likeness (QED) is 0.319. The Morgan fingerprint density at radius 2 is 2.00 bits per heavy atom. The van der Waals surface area contributed by atoms with Gasteiger partial charge in [0, 0.05) is 25.4 Å². The van der Waals surface area contributed by atoms with Gasteiger partial charge in [0.25, 0.3) is 0 Å². The third kappa shape index (κ3) is 6.02. The van der Waals surface area contributed by atoms with E-state index in [0.717, 1.165) is 35.6 Å². The minimum absolute atomic E-state index is 0. The number of aromatic amines is 1. The molecule has 0 bridgehead atoms. The zero-order valence-electron chi connectivity index (χ0n) is 15.8. The maximum atomic E-state index is 6.27. The Morgan fingerprint density at radius 3 is 2.67 bits per heavy atom. The summed E-state index contributed by atoms with van der Waals surface area (Å²) in [4.78, 5) is 4.27. The minimum Gasteiger partial charge on any atom is -0.493 e. The second-order valence-corrected chi connectivity index (χ2v) is 6.33. The largest absolute Gasteiger partial charge is 0.493 e. The van der Waals surface area contributed by atoms with Crippen LogP contribution in [0.5, 0.6) is 11.5 Å². The van der Waals surface area contributed by atoms with E-state index < -0.39 is 0 Å². The van der Waals surface area contributed by atoms with E-state index in [1.165, 1.54) is 12.8 Å². The molecule has 3 N–H and O–H groups in total. The third-order valence-electron chi connectivity index (χ3n) is 4.54. The molecule has 0 aliphatic heterocycles. The van der Waals surface area contributed by atoms with E-state index in [9.17, 15) is 0 Å². The predicted molar refractivity (Wildman–Crippen MR) is 117 cm³/mol. The minimum atomic E-state index is 0. The Balaban J connectivity index is 0.00000261.